The highest BCUT2D eigenvalue weighted by Crippen LogP contribution is 2.27. The molecule has 2 rings (SSSR count). The molecule has 0 atom stereocenters. The van der Waals surface area contributed by atoms with E-state index in [0.717, 1.165) is 0 Å². The Kier molecular flexibility index (Phi) is 4.21. The lowest BCUT2D eigenvalue weighted by Gasteiger charge is -2.09. The Balaban J connectivity index is 2.40. The third kappa shape index (κ3) is 3.22. The van der Waals surface area contributed by atoms with Gasteiger partial charge < -0.3 is 9.72 Å². The summed E-state index contributed by atoms with van der Waals surface area (Å²) in [4.78, 5) is 13.2. The van der Waals surface area contributed by atoms with Gasteiger partial charge in [0.1, 0.15) is 5.75 Å². The second-order valence-corrected chi connectivity index (χ2v) is 7.69. The maximum Gasteiger partial charge on any atom is 0.306 e. The zero-order valence-electron chi connectivity index (χ0n) is 10.6. The van der Waals surface area contributed by atoms with Crippen molar-refractivity contribution >= 4 is 43.0 Å². The minimum absolute atomic E-state index is 0.0264. The van der Waals surface area contributed by atoms with Gasteiger partial charge in [-0.2, -0.15) is 0 Å². The number of sulfonamides is 1. The van der Waals surface area contributed by atoms with Gasteiger partial charge in [0.25, 0.3) is 10.0 Å². The lowest BCUT2D eigenvalue weighted by Crippen LogP contribution is -2.12. The molecule has 0 spiro atoms. The first kappa shape index (κ1) is 15.1. The molecule has 0 bridgehead atoms. The van der Waals surface area contributed by atoms with Gasteiger partial charge in [-0.25, -0.2) is 8.42 Å². The zero-order chi connectivity index (χ0) is 14.9. The van der Waals surface area contributed by atoms with Crippen molar-refractivity contribution in [2.24, 2.45) is 0 Å². The number of H-pyrrole nitrogens is 1. The van der Waals surface area contributed by atoms with Crippen LogP contribution in [0.5, 0.6) is 5.75 Å². The van der Waals surface area contributed by atoms with Crippen LogP contribution in [-0.2, 0) is 10.0 Å². The van der Waals surface area contributed by atoms with E-state index in [1.54, 1.807) is 18.2 Å². The fourth-order valence-electron chi connectivity index (χ4n) is 1.59. The van der Waals surface area contributed by atoms with Gasteiger partial charge in [-0.05, 0) is 19.1 Å². The van der Waals surface area contributed by atoms with E-state index in [1.165, 1.54) is 14.0 Å². The number of aromatic amines is 1. The van der Waals surface area contributed by atoms with Gasteiger partial charge in [0.05, 0.1) is 12.8 Å². The summed E-state index contributed by atoms with van der Waals surface area (Å²) < 4.78 is 32.6. The fraction of sp³-hybridized carbons (Fsp3) is 0.182. The molecule has 20 heavy (non-hydrogen) atoms. The number of aryl methyl sites for hydroxylation is 1. The van der Waals surface area contributed by atoms with Crippen molar-refractivity contribution < 1.29 is 13.2 Å². The van der Waals surface area contributed by atoms with Crippen molar-refractivity contribution in [2.75, 3.05) is 11.8 Å². The number of thiazole rings is 1. The van der Waals surface area contributed by atoms with Crippen LogP contribution >= 0.6 is 27.3 Å². The molecule has 0 saturated heterocycles. The molecule has 1 heterocycles. The first-order valence-electron chi connectivity index (χ1n) is 5.39. The quantitative estimate of drug-likeness (QED) is 0.854. The minimum atomic E-state index is -3.80. The summed E-state index contributed by atoms with van der Waals surface area (Å²) in [6.45, 7) is 1.54. The van der Waals surface area contributed by atoms with E-state index in [0.29, 0.717) is 32.9 Å². The van der Waals surface area contributed by atoms with E-state index < -0.39 is 14.9 Å². The average molecular weight is 379 g/mol. The van der Waals surface area contributed by atoms with Crippen molar-refractivity contribution in [2.45, 2.75) is 11.1 Å². The van der Waals surface area contributed by atoms with Crippen molar-refractivity contribution in [3.8, 4) is 5.75 Å². The molecular weight excluding hydrogens is 368 g/mol. The molecule has 9 heteroatoms. The Hall–Kier alpha value is -1.32. The van der Waals surface area contributed by atoms with Crippen LogP contribution in [0, 0.1) is 6.92 Å². The summed E-state index contributed by atoms with van der Waals surface area (Å²) in [6, 6.07) is 4.86. The predicted molar refractivity (Wildman–Crippen MR) is 81.2 cm³/mol. The molecule has 0 fully saturated rings. The van der Waals surface area contributed by atoms with Crippen LogP contribution < -0.4 is 14.3 Å². The summed E-state index contributed by atoms with van der Waals surface area (Å²) in [5, 5.41) is 0. The molecule has 2 aromatic rings. The molecule has 0 aliphatic rings. The minimum Gasteiger partial charge on any atom is -0.497 e. The topological polar surface area (TPSA) is 88.3 Å². The Bertz CT molecular complexity index is 795. The molecule has 0 aliphatic carbocycles. The van der Waals surface area contributed by atoms with Crippen LogP contribution in [-0.4, -0.2) is 20.5 Å². The van der Waals surface area contributed by atoms with Gasteiger partial charge in [-0.15, -0.1) is 0 Å². The van der Waals surface area contributed by atoms with E-state index in [2.05, 4.69) is 25.6 Å². The van der Waals surface area contributed by atoms with Gasteiger partial charge in [0, 0.05) is 16.2 Å². The number of halogens is 1. The number of hydrogen-bond acceptors (Lipinski definition) is 5. The highest BCUT2D eigenvalue weighted by molar-refractivity contribution is 9.10. The van der Waals surface area contributed by atoms with E-state index in [1.807, 2.05) is 0 Å². The average Bonchev–Trinajstić information content (AvgIpc) is 2.67. The van der Waals surface area contributed by atoms with Gasteiger partial charge in [-0.3, -0.25) is 9.52 Å². The fourth-order valence-corrected chi connectivity index (χ4v) is 4.40. The monoisotopic (exact) mass is 378 g/mol. The second-order valence-electron chi connectivity index (χ2n) is 3.91. The molecule has 0 saturated carbocycles. The molecule has 2 N–H and O–H groups in total. The summed E-state index contributed by atoms with van der Waals surface area (Å²) in [6.07, 6.45) is 0. The largest absolute Gasteiger partial charge is 0.497 e. The second kappa shape index (κ2) is 5.58. The third-order valence-corrected chi connectivity index (χ3v) is 5.83. The SMILES string of the molecule is COc1cc(Br)cc(NS(=O)(=O)c2sc(=O)[nH]c2C)c1. The molecule has 1 aromatic heterocycles. The molecule has 0 amide bonds. The van der Waals surface area contributed by atoms with Crippen molar-refractivity contribution in [3.05, 3.63) is 38.0 Å². The number of rotatable bonds is 4. The Morgan fingerprint density at radius 2 is 2.05 bits per heavy atom. The summed E-state index contributed by atoms with van der Waals surface area (Å²) in [7, 11) is -2.32. The summed E-state index contributed by atoms with van der Waals surface area (Å²) in [5.41, 5.74) is 0.658. The molecule has 0 radical (unpaired) electrons. The van der Waals surface area contributed by atoms with E-state index in [4.69, 9.17) is 4.74 Å². The Morgan fingerprint density at radius 3 is 2.60 bits per heavy atom. The highest BCUT2D eigenvalue weighted by Gasteiger charge is 2.21. The Morgan fingerprint density at radius 1 is 1.35 bits per heavy atom. The lowest BCUT2D eigenvalue weighted by atomic mass is 10.3. The summed E-state index contributed by atoms with van der Waals surface area (Å²) in [5.74, 6) is 0.510. The number of benzene rings is 1. The zero-order valence-corrected chi connectivity index (χ0v) is 13.8. The first-order valence-corrected chi connectivity index (χ1v) is 8.48. The lowest BCUT2D eigenvalue weighted by molar-refractivity contribution is 0.415. The van der Waals surface area contributed by atoms with Crippen LogP contribution in [0.2, 0.25) is 0 Å². The van der Waals surface area contributed by atoms with Gasteiger partial charge in [0.2, 0.25) is 0 Å². The van der Waals surface area contributed by atoms with Gasteiger partial charge in [-0.1, -0.05) is 27.3 Å². The molecule has 108 valence electrons. The van der Waals surface area contributed by atoms with Crippen LogP contribution in [0.15, 0.2) is 31.7 Å². The van der Waals surface area contributed by atoms with Crippen LogP contribution in [0.4, 0.5) is 5.69 Å². The predicted octanol–water partition coefficient (Wildman–Crippen LogP) is 2.32. The molecule has 6 nitrogen and oxygen atoms in total. The third-order valence-electron chi connectivity index (χ3n) is 2.38. The number of nitrogens with one attached hydrogen (secondary N) is 2. The summed E-state index contributed by atoms with van der Waals surface area (Å²) >= 11 is 3.92. The van der Waals surface area contributed by atoms with E-state index in [9.17, 15) is 13.2 Å². The highest BCUT2D eigenvalue weighted by atomic mass is 79.9. The Labute approximate surface area is 128 Å². The van der Waals surface area contributed by atoms with Gasteiger partial charge >= 0.3 is 4.87 Å². The standard InChI is InChI=1S/C11H11BrN2O4S2/c1-6-10(19-11(15)13-6)20(16,17)14-8-3-7(12)4-9(5-8)18-2/h3-5,14H,1-2H3,(H,13,15). The molecule has 0 unspecified atom stereocenters. The van der Waals surface area contributed by atoms with Crippen LogP contribution in [0.3, 0.4) is 0 Å². The maximum absolute atomic E-state index is 12.2. The normalized spacial score (nSPS) is 11.3. The number of hydrogen-bond donors (Lipinski definition) is 2. The van der Waals surface area contributed by atoms with Crippen LogP contribution in [0.1, 0.15) is 5.69 Å². The van der Waals surface area contributed by atoms with Gasteiger partial charge in [0.15, 0.2) is 4.21 Å². The smallest absolute Gasteiger partial charge is 0.306 e. The van der Waals surface area contributed by atoms with E-state index in [-0.39, 0.29) is 4.21 Å². The maximum atomic E-state index is 12.2. The van der Waals surface area contributed by atoms with Crippen molar-refractivity contribution in [3.63, 3.8) is 0 Å². The number of ether oxygens (including phenoxy) is 1. The number of methoxy groups -OCH3 is 1. The number of anilines is 1. The van der Waals surface area contributed by atoms with Crippen LogP contribution in [0.25, 0.3) is 0 Å². The van der Waals surface area contributed by atoms with Crippen molar-refractivity contribution in [1.29, 1.82) is 0 Å². The first-order chi connectivity index (χ1) is 9.31. The molecular formula is C11H11BrN2O4S2. The number of aromatic nitrogens is 1. The van der Waals surface area contributed by atoms with Crippen molar-refractivity contribution in [1.82, 2.24) is 4.98 Å². The van der Waals surface area contributed by atoms with E-state index >= 15 is 0 Å². The molecule has 0 aliphatic heterocycles. The molecule has 1 aromatic carbocycles.